The van der Waals surface area contributed by atoms with E-state index in [-0.39, 0.29) is 18.4 Å². The Bertz CT molecular complexity index is 832. The monoisotopic (exact) mass is 381 g/mol. The highest BCUT2D eigenvalue weighted by molar-refractivity contribution is 6.09. The molecule has 1 fully saturated rings. The summed E-state index contributed by atoms with van der Waals surface area (Å²) in [5, 5.41) is 5.74. The molecule has 6 nitrogen and oxygen atoms in total. The van der Waals surface area contributed by atoms with E-state index < -0.39 is 11.6 Å². The Hall–Kier alpha value is -2.63. The number of rotatable bonds is 5. The Morgan fingerprint density at radius 3 is 2.82 bits per heavy atom. The number of hydrogen-bond acceptors (Lipinski definition) is 3. The van der Waals surface area contributed by atoms with E-state index in [0.29, 0.717) is 13.0 Å². The number of carbonyl (C=O) groups is 3. The lowest BCUT2D eigenvalue weighted by atomic mass is 9.76. The predicted molar refractivity (Wildman–Crippen MR) is 105 cm³/mol. The van der Waals surface area contributed by atoms with E-state index in [0.717, 1.165) is 48.1 Å². The van der Waals surface area contributed by atoms with Gasteiger partial charge in [-0.15, -0.1) is 0 Å². The predicted octanol–water partition coefficient (Wildman–Crippen LogP) is 2.78. The zero-order valence-corrected chi connectivity index (χ0v) is 16.1. The molecule has 0 saturated carbocycles. The smallest absolute Gasteiger partial charge is 0.325 e. The van der Waals surface area contributed by atoms with E-state index in [1.165, 1.54) is 18.4 Å². The molecular formula is C22H27N3O3. The van der Waals surface area contributed by atoms with E-state index in [2.05, 4.69) is 16.7 Å². The van der Waals surface area contributed by atoms with Gasteiger partial charge < -0.3 is 10.6 Å². The molecule has 1 heterocycles. The van der Waals surface area contributed by atoms with Crippen molar-refractivity contribution >= 4 is 17.8 Å². The van der Waals surface area contributed by atoms with Crippen molar-refractivity contribution in [1.82, 2.24) is 15.5 Å². The third-order valence-corrected chi connectivity index (χ3v) is 6.11. The summed E-state index contributed by atoms with van der Waals surface area (Å²) in [6.07, 6.45) is 10.1. The fourth-order valence-electron chi connectivity index (χ4n) is 4.65. The zero-order valence-electron chi connectivity index (χ0n) is 16.1. The van der Waals surface area contributed by atoms with Crippen LogP contribution < -0.4 is 10.6 Å². The lowest BCUT2D eigenvalue weighted by Gasteiger charge is -2.33. The second-order valence-corrected chi connectivity index (χ2v) is 7.95. The number of carbonyl (C=O) groups excluding carboxylic acids is 3. The quantitative estimate of drug-likeness (QED) is 0.608. The first-order chi connectivity index (χ1) is 13.6. The maximum Gasteiger partial charge on any atom is 0.325 e. The van der Waals surface area contributed by atoms with Crippen LogP contribution in [-0.4, -0.2) is 35.8 Å². The van der Waals surface area contributed by atoms with Crippen LogP contribution >= 0.6 is 0 Å². The first-order valence-electron chi connectivity index (χ1n) is 10.3. The molecule has 1 atom stereocenters. The number of allylic oxidation sites excluding steroid dienone is 1. The van der Waals surface area contributed by atoms with Gasteiger partial charge in [0.05, 0.1) is 0 Å². The second-order valence-electron chi connectivity index (χ2n) is 7.95. The van der Waals surface area contributed by atoms with Gasteiger partial charge in [0.2, 0.25) is 5.91 Å². The zero-order chi connectivity index (χ0) is 19.6. The van der Waals surface area contributed by atoms with E-state index in [4.69, 9.17) is 0 Å². The van der Waals surface area contributed by atoms with Crippen LogP contribution in [0.3, 0.4) is 0 Å². The Kier molecular flexibility index (Phi) is 5.20. The standard InChI is InChI=1S/C22H27N3O3/c26-19(23-14-12-16-7-2-1-3-8-16)15-25-20(27)22(24-21(25)28)13-6-10-17-9-4-5-11-18(17)22/h4-5,7,9,11H,1-3,6,8,10,12-15H2,(H,23,26)(H,24,28)/t22-/m1/s1. The number of nitrogens with zero attached hydrogens (tertiary/aromatic N) is 1. The van der Waals surface area contributed by atoms with Gasteiger partial charge in [-0.25, -0.2) is 4.79 Å². The molecule has 4 amide bonds. The molecule has 148 valence electrons. The summed E-state index contributed by atoms with van der Waals surface area (Å²) in [6.45, 7) is 0.315. The van der Waals surface area contributed by atoms with Crippen LogP contribution in [-0.2, 0) is 21.5 Å². The van der Waals surface area contributed by atoms with Gasteiger partial charge in [-0.05, 0) is 62.5 Å². The minimum absolute atomic E-state index is 0.229. The largest absolute Gasteiger partial charge is 0.354 e. The molecule has 28 heavy (non-hydrogen) atoms. The molecule has 1 saturated heterocycles. The van der Waals surface area contributed by atoms with Gasteiger partial charge in [0.15, 0.2) is 0 Å². The van der Waals surface area contributed by atoms with Crippen LogP contribution in [0.25, 0.3) is 0 Å². The average Bonchev–Trinajstić information content (AvgIpc) is 2.94. The number of imide groups is 1. The summed E-state index contributed by atoms with van der Waals surface area (Å²) >= 11 is 0. The van der Waals surface area contributed by atoms with E-state index >= 15 is 0 Å². The molecule has 6 heteroatoms. The molecule has 0 aromatic heterocycles. The number of aryl methyl sites for hydroxylation is 1. The third-order valence-electron chi connectivity index (χ3n) is 6.11. The molecule has 0 bridgehead atoms. The topological polar surface area (TPSA) is 78.5 Å². The summed E-state index contributed by atoms with van der Waals surface area (Å²) in [4.78, 5) is 39.1. The van der Waals surface area contributed by atoms with Crippen LogP contribution in [0.15, 0.2) is 35.9 Å². The molecule has 1 spiro atoms. The summed E-state index contributed by atoms with van der Waals surface area (Å²) in [5.41, 5.74) is 2.33. The van der Waals surface area contributed by atoms with Gasteiger partial charge >= 0.3 is 6.03 Å². The minimum Gasteiger partial charge on any atom is -0.354 e. The lowest BCUT2D eigenvalue weighted by Crippen LogP contribution is -2.47. The van der Waals surface area contributed by atoms with Gasteiger partial charge in [0, 0.05) is 6.54 Å². The van der Waals surface area contributed by atoms with Crippen LogP contribution in [0.1, 0.15) is 56.1 Å². The summed E-state index contributed by atoms with van der Waals surface area (Å²) in [6, 6.07) is 7.28. The van der Waals surface area contributed by atoms with Crippen LogP contribution in [0.5, 0.6) is 0 Å². The van der Waals surface area contributed by atoms with Gasteiger partial charge in [-0.3, -0.25) is 14.5 Å². The molecule has 2 N–H and O–H groups in total. The molecule has 1 aliphatic heterocycles. The fourth-order valence-corrected chi connectivity index (χ4v) is 4.65. The average molecular weight is 381 g/mol. The minimum atomic E-state index is -1.01. The van der Waals surface area contributed by atoms with Crippen molar-refractivity contribution in [2.24, 2.45) is 0 Å². The first kappa shape index (κ1) is 18.7. The molecular weight excluding hydrogens is 354 g/mol. The van der Waals surface area contributed by atoms with Crippen molar-refractivity contribution in [1.29, 1.82) is 0 Å². The van der Waals surface area contributed by atoms with E-state index in [1.807, 2.05) is 24.3 Å². The molecule has 1 aromatic carbocycles. The van der Waals surface area contributed by atoms with Gasteiger partial charge in [-0.1, -0.05) is 35.9 Å². The SMILES string of the molecule is O=C(CN1C(=O)N[C@@]2(CCCc3ccccc32)C1=O)NCCC1=CCCCC1. The highest BCUT2D eigenvalue weighted by Gasteiger charge is 2.54. The molecule has 3 aliphatic rings. The number of benzene rings is 1. The van der Waals surface area contributed by atoms with Gasteiger partial charge in [0.25, 0.3) is 5.91 Å². The summed E-state index contributed by atoms with van der Waals surface area (Å²) in [5.74, 6) is -0.601. The highest BCUT2D eigenvalue weighted by atomic mass is 16.2. The molecule has 0 unspecified atom stereocenters. The summed E-state index contributed by atoms with van der Waals surface area (Å²) < 4.78 is 0. The van der Waals surface area contributed by atoms with E-state index in [1.54, 1.807) is 0 Å². The number of urea groups is 1. The van der Waals surface area contributed by atoms with Crippen molar-refractivity contribution in [3.63, 3.8) is 0 Å². The Morgan fingerprint density at radius 1 is 1.14 bits per heavy atom. The van der Waals surface area contributed by atoms with Crippen molar-refractivity contribution in [3.8, 4) is 0 Å². The Labute approximate surface area is 165 Å². The number of hydrogen-bond donors (Lipinski definition) is 2. The summed E-state index contributed by atoms with van der Waals surface area (Å²) in [7, 11) is 0. The van der Waals surface area contributed by atoms with Crippen molar-refractivity contribution in [2.45, 2.75) is 56.9 Å². The second kappa shape index (κ2) is 7.78. The van der Waals surface area contributed by atoms with Gasteiger partial charge in [0.1, 0.15) is 12.1 Å². The maximum atomic E-state index is 13.2. The first-order valence-corrected chi connectivity index (χ1v) is 10.3. The molecule has 2 aliphatic carbocycles. The maximum absolute atomic E-state index is 13.2. The molecule has 0 radical (unpaired) electrons. The Morgan fingerprint density at radius 2 is 2.00 bits per heavy atom. The van der Waals surface area contributed by atoms with Crippen molar-refractivity contribution in [2.75, 3.05) is 13.1 Å². The van der Waals surface area contributed by atoms with Crippen LogP contribution in [0.4, 0.5) is 4.79 Å². The van der Waals surface area contributed by atoms with Gasteiger partial charge in [-0.2, -0.15) is 0 Å². The normalized spacial score (nSPS) is 24.0. The lowest BCUT2D eigenvalue weighted by molar-refractivity contribution is -0.135. The fraction of sp³-hybridized carbons (Fsp3) is 0.500. The molecule has 4 rings (SSSR count). The number of fused-ring (bicyclic) bond motifs is 2. The van der Waals surface area contributed by atoms with E-state index in [9.17, 15) is 14.4 Å². The van der Waals surface area contributed by atoms with Crippen LogP contribution in [0, 0.1) is 0 Å². The highest BCUT2D eigenvalue weighted by Crippen LogP contribution is 2.39. The van der Waals surface area contributed by atoms with Crippen molar-refractivity contribution in [3.05, 3.63) is 47.0 Å². The molecule has 1 aromatic rings. The number of amides is 4. The number of nitrogens with one attached hydrogen (secondary N) is 2. The third kappa shape index (κ3) is 3.43. The Balaban J connectivity index is 1.40. The van der Waals surface area contributed by atoms with Crippen LogP contribution in [0.2, 0.25) is 0 Å². The van der Waals surface area contributed by atoms with Crippen molar-refractivity contribution < 1.29 is 14.4 Å².